The molecule has 5 aromatic rings. The number of hydrogen-bond donors (Lipinski definition) is 4. The summed E-state index contributed by atoms with van der Waals surface area (Å²) < 4.78 is 13.0. The van der Waals surface area contributed by atoms with Crippen molar-refractivity contribution in [2.75, 3.05) is 27.3 Å². The number of pyridine rings is 3. The summed E-state index contributed by atoms with van der Waals surface area (Å²) in [6.07, 6.45) is 6.26. The molecule has 1 aromatic carbocycles. The first-order valence-corrected chi connectivity index (χ1v) is 17.5. The van der Waals surface area contributed by atoms with Crippen LogP contribution in [0.4, 0.5) is 0 Å². The number of rotatable bonds is 13. The highest BCUT2D eigenvalue weighted by molar-refractivity contribution is 6.39. The first kappa shape index (κ1) is 34.6. The maximum atomic E-state index is 11.5. The van der Waals surface area contributed by atoms with Crippen LogP contribution in [0.5, 0.6) is 11.6 Å². The number of fused-ring (bicyclic) bond motifs is 1. The van der Waals surface area contributed by atoms with Crippen LogP contribution >= 0.6 is 23.2 Å². The van der Waals surface area contributed by atoms with Gasteiger partial charge in [-0.25, -0.2) is 14.5 Å². The highest BCUT2D eigenvalue weighted by Crippen LogP contribution is 2.42. The molecule has 13 nitrogen and oxygen atoms in total. The van der Waals surface area contributed by atoms with Gasteiger partial charge < -0.3 is 30.7 Å². The van der Waals surface area contributed by atoms with Crippen LogP contribution in [0.2, 0.25) is 10.0 Å². The van der Waals surface area contributed by atoms with Gasteiger partial charge in [-0.2, -0.15) is 0 Å². The number of halogens is 2. The monoisotopic (exact) mass is 729 g/mol. The number of methoxy groups -OCH3 is 2. The molecule has 0 bridgehead atoms. The van der Waals surface area contributed by atoms with Crippen molar-refractivity contribution in [2.24, 2.45) is 0 Å². The number of aromatic nitrogens is 5. The first-order valence-electron chi connectivity index (χ1n) is 16.7. The number of carbonyl (C=O) groups excluding carboxylic acids is 2. The Morgan fingerprint density at radius 1 is 0.863 bits per heavy atom. The number of ether oxygens (including phenoxy) is 2. The second-order valence-corrected chi connectivity index (χ2v) is 13.3. The minimum atomic E-state index is 0.0808. The Morgan fingerprint density at radius 2 is 1.57 bits per heavy atom. The zero-order valence-corrected chi connectivity index (χ0v) is 29.6. The van der Waals surface area contributed by atoms with E-state index < -0.39 is 0 Å². The third-order valence-electron chi connectivity index (χ3n) is 9.07. The minimum Gasteiger partial charge on any atom is -0.493 e. The van der Waals surface area contributed by atoms with E-state index in [2.05, 4.69) is 36.3 Å². The molecule has 2 saturated heterocycles. The molecule has 0 unspecified atom stereocenters. The van der Waals surface area contributed by atoms with Crippen molar-refractivity contribution in [3.63, 3.8) is 0 Å². The lowest BCUT2D eigenvalue weighted by Crippen LogP contribution is -2.35. The van der Waals surface area contributed by atoms with Crippen molar-refractivity contribution < 1.29 is 19.1 Å². The molecule has 2 aliphatic heterocycles. The highest BCUT2D eigenvalue weighted by Gasteiger charge is 2.23. The minimum absolute atomic E-state index is 0.0808. The molecule has 2 amide bonds. The average molecular weight is 731 g/mol. The number of benzene rings is 1. The van der Waals surface area contributed by atoms with Crippen LogP contribution in [-0.2, 0) is 22.7 Å². The van der Waals surface area contributed by atoms with Crippen molar-refractivity contribution in [2.45, 2.75) is 50.9 Å². The maximum absolute atomic E-state index is 11.5. The van der Waals surface area contributed by atoms with E-state index in [1.165, 1.54) is 0 Å². The molecule has 0 saturated carbocycles. The van der Waals surface area contributed by atoms with Crippen LogP contribution in [0.15, 0.2) is 54.9 Å². The van der Waals surface area contributed by atoms with Crippen molar-refractivity contribution in [1.82, 2.24) is 45.8 Å². The van der Waals surface area contributed by atoms with Gasteiger partial charge in [-0.1, -0.05) is 47.5 Å². The van der Waals surface area contributed by atoms with E-state index in [1.54, 1.807) is 24.9 Å². The van der Waals surface area contributed by atoms with Crippen LogP contribution < -0.4 is 30.7 Å². The molecule has 2 atom stereocenters. The number of nitrogens with zero attached hydrogens (tertiary/aromatic N) is 5. The number of hydrogen-bond acceptors (Lipinski definition) is 10. The Balaban J connectivity index is 1.12. The van der Waals surface area contributed by atoms with Gasteiger partial charge in [-0.15, -0.1) is 5.10 Å². The Kier molecular flexibility index (Phi) is 10.3. The summed E-state index contributed by atoms with van der Waals surface area (Å²) in [5.41, 5.74) is 5.44. The fourth-order valence-corrected chi connectivity index (χ4v) is 7.12. The van der Waals surface area contributed by atoms with Gasteiger partial charge in [0.1, 0.15) is 0 Å². The fraction of sp³-hybridized carbons (Fsp3) is 0.333. The quantitative estimate of drug-likeness (QED) is 0.135. The van der Waals surface area contributed by atoms with Gasteiger partial charge in [0.15, 0.2) is 17.2 Å². The second kappa shape index (κ2) is 15.2. The van der Waals surface area contributed by atoms with E-state index in [0.717, 1.165) is 24.0 Å². The maximum Gasteiger partial charge on any atom is 0.220 e. The van der Waals surface area contributed by atoms with Gasteiger partial charge in [0.25, 0.3) is 0 Å². The summed E-state index contributed by atoms with van der Waals surface area (Å²) >= 11 is 14.2. The molecule has 2 fully saturated rings. The Hall–Kier alpha value is -4.82. The van der Waals surface area contributed by atoms with E-state index in [1.807, 2.05) is 48.7 Å². The lowest BCUT2D eigenvalue weighted by atomic mass is 10.00. The molecule has 264 valence electrons. The predicted molar refractivity (Wildman–Crippen MR) is 194 cm³/mol. The van der Waals surface area contributed by atoms with Crippen molar-refractivity contribution in [3.8, 4) is 45.3 Å². The largest absolute Gasteiger partial charge is 0.493 e. The molecular formula is C36H37Cl2N9O4. The van der Waals surface area contributed by atoms with E-state index in [-0.39, 0.29) is 23.9 Å². The summed E-state index contributed by atoms with van der Waals surface area (Å²) in [5, 5.41) is 18.2. The molecule has 2 aliphatic rings. The average Bonchev–Trinajstić information content (AvgIpc) is 3.87. The third-order valence-corrected chi connectivity index (χ3v) is 9.86. The SMILES string of the molecule is COc1nc(-c2cccc(-c3ccnc(-c4cc(OC)c5nc(CNC[C@@H]6CCC(=O)N6)nn5c4)c3Cl)c2Cl)ccc1CNC[C@H]1CCC(=O)N1. The van der Waals surface area contributed by atoms with E-state index in [0.29, 0.717) is 100 Å². The standard InChI is InChI=1S/C36H37Cl2N9O4/c1-50-28-14-21(19-47-35(28)45-29(46-47)18-40-17-23-8-11-31(49)43-23)34-33(38)25(12-13-41-34)24-4-3-5-26(32(24)37)27-9-6-20(36(44-27)51-2)15-39-16-22-7-10-30(48)42-22/h3-6,9,12-14,19,22-23,39-40H,7-8,10-11,15-18H2,1-2H3,(H,42,48)(H,43,49)/t22-,23+/m1/s1. The molecule has 4 N–H and O–H groups in total. The normalized spacial score (nSPS) is 17.2. The van der Waals surface area contributed by atoms with Crippen molar-refractivity contribution in [1.29, 1.82) is 0 Å². The molecule has 51 heavy (non-hydrogen) atoms. The van der Waals surface area contributed by atoms with E-state index in [9.17, 15) is 9.59 Å². The highest BCUT2D eigenvalue weighted by atomic mass is 35.5. The van der Waals surface area contributed by atoms with Crippen molar-refractivity contribution >= 4 is 40.7 Å². The first-order chi connectivity index (χ1) is 24.8. The number of nitrogens with one attached hydrogen (secondary N) is 4. The van der Waals surface area contributed by atoms with Gasteiger partial charge >= 0.3 is 0 Å². The molecule has 7 rings (SSSR count). The second-order valence-electron chi connectivity index (χ2n) is 12.5. The molecule has 0 spiro atoms. The molecule has 0 radical (unpaired) electrons. The third kappa shape index (κ3) is 7.47. The number of carbonyl (C=O) groups is 2. The lowest BCUT2D eigenvalue weighted by Gasteiger charge is -2.15. The summed E-state index contributed by atoms with van der Waals surface area (Å²) in [7, 11) is 3.17. The molecule has 6 heterocycles. The van der Waals surface area contributed by atoms with Crippen molar-refractivity contribution in [3.05, 3.63) is 76.3 Å². The fourth-order valence-electron chi connectivity index (χ4n) is 6.48. The Morgan fingerprint density at radius 3 is 2.25 bits per heavy atom. The van der Waals surface area contributed by atoms with Gasteiger partial charge in [0, 0.05) is 84.8 Å². The van der Waals surface area contributed by atoms with Crippen LogP contribution in [0.3, 0.4) is 0 Å². The van der Waals surface area contributed by atoms with E-state index in [4.69, 9.17) is 37.7 Å². The van der Waals surface area contributed by atoms with E-state index >= 15 is 0 Å². The molecule has 4 aromatic heterocycles. The Labute approximate surface area is 304 Å². The van der Waals surface area contributed by atoms with Gasteiger partial charge in [-0.3, -0.25) is 14.6 Å². The summed E-state index contributed by atoms with van der Waals surface area (Å²) in [6.45, 7) is 2.27. The summed E-state index contributed by atoms with van der Waals surface area (Å²) in [6, 6.07) is 13.5. The van der Waals surface area contributed by atoms with Gasteiger partial charge in [-0.05, 0) is 31.0 Å². The lowest BCUT2D eigenvalue weighted by molar-refractivity contribution is -0.120. The van der Waals surface area contributed by atoms with Gasteiger partial charge in [0.05, 0.1) is 42.2 Å². The Bertz CT molecular complexity index is 2110. The van der Waals surface area contributed by atoms with Crippen LogP contribution in [-0.4, -0.2) is 75.8 Å². The van der Waals surface area contributed by atoms with Gasteiger partial charge in [0.2, 0.25) is 17.7 Å². The molecule has 15 heteroatoms. The smallest absolute Gasteiger partial charge is 0.220 e. The topological polar surface area (TPSA) is 157 Å². The predicted octanol–water partition coefficient (Wildman–Crippen LogP) is 4.58. The van der Waals surface area contributed by atoms with Crippen LogP contribution in [0.25, 0.3) is 39.3 Å². The van der Waals surface area contributed by atoms with Crippen LogP contribution in [0.1, 0.15) is 37.1 Å². The van der Waals surface area contributed by atoms with Crippen LogP contribution in [0, 0.1) is 0 Å². The zero-order chi connectivity index (χ0) is 35.5. The molecular weight excluding hydrogens is 693 g/mol. The summed E-state index contributed by atoms with van der Waals surface area (Å²) in [5.74, 6) is 1.76. The zero-order valence-electron chi connectivity index (χ0n) is 28.1. The molecule has 0 aliphatic carbocycles. The number of amides is 2. The summed E-state index contributed by atoms with van der Waals surface area (Å²) in [4.78, 5) is 37.1.